The fourth-order valence-corrected chi connectivity index (χ4v) is 3.34. The van der Waals surface area contributed by atoms with Crippen LogP contribution in [0.5, 0.6) is 0 Å². The molecular formula is C8H6O3S2. The smallest absolute Gasteiger partial charge is 0.345 e. The van der Waals surface area contributed by atoms with E-state index in [2.05, 4.69) is 0 Å². The van der Waals surface area contributed by atoms with Gasteiger partial charge in [-0.05, 0) is 6.07 Å². The maximum Gasteiger partial charge on any atom is 0.345 e. The third kappa shape index (κ3) is 1.49. The van der Waals surface area contributed by atoms with Crippen molar-refractivity contribution in [3.8, 4) is 0 Å². The van der Waals surface area contributed by atoms with Crippen molar-refractivity contribution in [2.24, 2.45) is 0 Å². The van der Waals surface area contributed by atoms with Crippen molar-refractivity contribution in [2.45, 2.75) is 11.3 Å². The highest BCUT2D eigenvalue weighted by Gasteiger charge is 2.22. The number of hydrogen-bond donors (Lipinski definition) is 1. The van der Waals surface area contributed by atoms with Crippen molar-refractivity contribution in [2.75, 3.05) is 5.75 Å². The Bertz CT molecular complexity index is 381. The molecule has 0 aromatic carbocycles. The Morgan fingerprint density at radius 3 is 2.92 bits per heavy atom. The van der Waals surface area contributed by atoms with Crippen molar-refractivity contribution in [3.05, 3.63) is 15.8 Å². The molecule has 5 heteroatoms. The Hall–Kier alpha value is -0.810. The fraction of sp³-hybridized carbons (Fsp3) is 0.250. The van der Waals surface area contributed by atoms with Crippen LogP contribution in [-0.2, 0) is 0 Å². The topological polar surface area (TPSA) is 54.4 Å². The molecule has 0 bridgehead atoms. The van der Waals surface area contributed by atoms with Crippen LogP contribution >= 0.6 is 23.1 Å². The number of fused-ring (bicyclic) bond motifs is 1. The van der Waals surface area contributed by atoms with Crippen LogP contribution in [0.2, 0.25) is 0 Å². The molecule has 0 saturated heterocycles. The van der Waals surface area contributed by atoms with E-state index < -0.39 is 5.97 Å². The standard InChI is InChI=1S/C8H6O3S2/c9-4-1-2-12-5-3-6(8(10)11)13-7(4)5/h3H,1-2H2,(H,10,11). The largest absolute Gasteiger partial charge is 0.477 e. The quantitative estimate of drug-likeness (QED) is 0.778. The van der Waals surface area contributed by atoms with Gasteiger partial charge in [-0.2, -0.15) is 0 Å². The van der Waals surface area contributed by atoms with E-state index in [0.717, 1.165) is 22.0 Å². The molecule has 0 fully saturated rings. The molecule has 1 aliphatic rings. The summed E-state index contributed by atoms with van der Waals surface area (Å²) < 4.78 is 0. The second-order valence-corrected chi connectivity index (χ2v) is 4.82. The number of aromatic carboxylic acids is 1. The Morgan fingerprint density at radius 1 is 1.54 bits per heavy atom. The molecule has 13 heavy (non-hydrogen) atoms. The second-order valence-electron chi connectivity index (χ2n) is 2.63. The van der Waals surface area contributed by atoms with Crippen LogP contribution in [0, 0.1) is 0 Å². The number of thioether (sulfide) groups is 1. The number of carbonyl (C=O) groups excluding carboxylic acids is 1. The van der Waals surface area contributed by atoms with Crippen LogP contribution in [0.1, 0.15) is 25.8 Å². The number of Topliss-reactive ketones (excluding diaryl/α,β-unsaturated/α-hetero) is 1. The van der Waals surface area contributed by atoms with Crippen molar-refractivity contribution in [3.63, 3.8) is 0 Å². The van der Waals surface area contributed by atoms with E-state index in [1.807, 2.05) is 0 Å². The lowest BCUT2D eigenvalue weighted by molar-refractivity contribution is 0.0702. The second kappa shape index (κ2) is 3.16. The Balaban J connectivity index is 2.48. The van der Waals surface area contributed by atoms with Crippen LogP contribution in [0.3, 0.4) is 0 Å². The molecule has 2 heterocycles. The summed E-state index contributed by atoms with van der Waals surface area (Å²) in [6, 6.07) is 1.59. The average molecular weight is 214 g/mol. The Labute approximate surface area is 82.8 Å². The number of thiophene rings is 1. The lowest BCUT2D eigenvalue weighted by atomic mass is 10.2. The average Bonchev–Trinajstić information content (AvgIpc) is 2.49. The molecule has 0 radical (unpaired) electrons. The van der Waals surface area contributed by atoms with E-state index in [4.69, 9.17) is 5.11 Å². The maximum absolute atomic E-state index is 11.3. The summed E-state index contributed by atoms with van der Waals surface area (Å²) >= 11 is 2.64. The summed E-state index contributed by atoms with van der Waals surface area (Å²) in [7, 11) is 0. The van der Waals surface area contributed by atoms with E-state index in [1.165, 1.54) is 0 Å². The molecule has 0 atom stereocenters. The van der Waals surface area contributed by atoms with Crippen molar-refractivity contribution >= 4 is 34.9 Å². The summed E-state index contributed by atoms with van der Waals surface area (Å²) in [5.74, 6) is -0.110. The molecular weight excluding hydrogens is 208 g/mol. The molecule has 0 amide bonds. The molecule has 0 unspecified atom stereocenters. The van der Waals surface area contributed by atoms with Gasteiger partial charge in [-0.15, -0.1) is 23.1 Å². The summed E-state index contributed by atoms with van der Waals surface area (Å²) in [6.07, 6.45) is 0.525. The van der Waals surface area contributed by atoms with Crippen LogP contribution in [0.15, 0.2) is 11.0 Å². The van der Waals surface area contributed by atoms with E-state index in [-0.39, 0.29) is 10.7 Å². The van der Waals surface area contributed by atoms with Crippen LogP contribution in [-0.4, -0.2) is 22.6 Å². The number of carbonyl (C=O) groups is 2. The Morgan fingerprint density at radius 2 is 2.31 bits per heavy atom. The van der Waals surface area contributed by atoms with E-state index in [0.29, 0.717) is 11.3 Å². The third-order valence-electron chi connectivity index (χ3n) is 1.75. The molecule has 1 aliphatic heterocycles. The zero-order chi connectivity index (χ0) is 9.42. The van der Waals surface area contributed by atoms with Crippen LogP contribution < -0.4 is 0 Å². The predicted octanol–water partition coefficient (Wildman–Crippen LogP) is 2.12. The SMILES string of the molecule is O=C(O)c1cc2c(s1)C(=O)CCS2. The van der Waals surface area contributed by atoms with Gasteiger partial charge in [0.05, 0.1) is 4.88 Å². The highest BCUT2D eigenvalue weighted by atomic mass is 32.2. The summed E-state index contributed by atoms with van der Waals surface area (Å²) in [5.41, 5.74) is 0. The van der Waals surface area contributed by atoms with Gasteiger partial charge in [0.2, 0.25) is 0 Å². The normalized spacial score (nSPS) is 15.5. The minimum absolute atomic E-state index is 0.0752. The monoisotopic (exact) mass is 214 g/mol. The number of ketones is 1. The van der Waals surface area contributed by atoms with Gasteiger partial charge >= 0.3 is 5.97 Å². The fourth-order valence-electron chi connectivity index (χ4n) is 1.15. The zero-order valence-corrected chi connectivity index (χ0v) is 8.20. The summed E-state index contributed by atoms with van der Waals surface area (Å²) in [6.45, 7) is 0. The predicted molar refractivity (Wildman–Crippen MR) is 50.9 cm³/mol. The van der Waals surface area contributed by atoms with Gasteiger partial charge in [0.1, 0.15) is 4.88 Å². The number of carboxylic acid groups (broad SMARTS) is 1. The molecule has 0 spiro atoms. The van der Waals surface area contributed by atoms with E-state index >= 15 is 0 Å². The number of carboxylic acids is 1. The van der Waals surface area contributed by atoms with Gasteiger partial charge in [-0.25, -0.2) is 4.79 Å². The molecule has 68 valence electrons. The van der Waals surface area contributed by atoms with Crippen molar-refractivity contribution in [1.82, 2.24) is 0 Å². The first-order valence-electron chi connectivity index (χ1n) is 3.71. The number of rotatable bonds is 1. The van der Waals surface area contributed by atoms with Crippen LogP contribution in [0.4, 0.5) is 0 Å². The first kappa shape index (κ1) is 8.77. The van der Waals surface area contributed by atoms with Gasteiger partial charge in [0, 0.05) is 17.1 Å². The molecule has 1 aromatic rings. The lowest BCUT2D eigenvalue weighted by Gasteiger charge is -2.07. The maximum atomic E-state index is 11.3. The van der Waals surface area contributed by atoms with Gasteiger partial charge in [0.25, 0.3) is 0 Å². The highest BCUT2D eigenvalue weighted by molar-refractivity contribution is 7.99. The molecule has 0 saturated carbocycles. The molecule has 1 N–H and O–H groups in total. The minimum atomic E-state index is -0.951. The molecule has 3 nitrogen and oxygen atoms in total. The van der Waals surface area contributed by atoms with Crippen molar-refractivity contribution < 1.29 is 14.7 Å². The molecule has 2 rings (SSSR count). The highest BCUT2D eigenvalue weighted by Crippen LogP contribution is 2.36. The Kier molecular flexibility index (Phi) is 2.13. The third-order valence-corrected chi connectivity index (χ3v) is 4.08. The van der Waals surface area contributed by atoms with E-state index in [1.54, 1.807) is 17.8 Å². The first-order chi connectivity index (χ1) is 6.18. The molecule has 0 aliphatic carbocycles. The van der Waals surface area contributed by atoms with E-state index in [9.17, 15) is 9.59 Å². The summed E-state index contributed by atoms with van der Waals surface area (Å²) in [4.78, 5) is 23.6. The van der Waals surface area contributed by atoms with Gasteiger partial charge in [-0.3, -0.25) is 4.79 Å². The number of hydrogen-bond acceptors (Lipinski definition) is 4. The van der Waals surface area contributed by atoms with Gasteiger partial charge in [0.15, 0.2) is 5.78 Å². The van der Waals surface area contributed by atoms with Crippen LogP contribution in [0.25, 0.3) is 0 Å². The van der Waals surface area contributed by atoms with Gasteiger partial charge < -0.3 is 5.11 Å². The lowest BCUT2D eigenvalue weighted by Crippen LogP contribution is -2.03. The summed E-state index contributed by atoms with van der Waals surface area (Å²) in [5, 5.41) is 8.71. The first-order valence-corrected chi connectivity index (χ1v) is 5.52. The molecule has 1 aromatic heterocycles. The van der Waals surface area contributed by atoms with Crippen molar-refractivity contribution in [1.29, 1.82) is 0 Å². The zero-order valence-electron chi connectivity index (χ0n) is 6.57. The minimum Gasteiger partial charge on any atom is -0.477 e. The van der Waals surface area contributed by atoms with Gasteiger partial charge in [-0.1, -0.05) is 0 Å².